The number of methoxy groups -OCH3 is 2. The summed E-state index contributed by atoms with van der Waals surface area (Å²) in [4.78, 5) is 12.9. The highest BCUT2D eigenvalue weighted by Crippen LogP contribution is 2.38. The Bertz CT molecular complexity index is 928. The van der Waals surface area contributed by atoms with E-state index in [2.05, 4.69) is 27.8 Å². The average Bonchev–Trinajstić information content (AvgIpc) is 2.72. The molecule has 0 radical (unpaired) electrons. The Morgan fingerprint density at radius 2 is 1.90 bits per heavy atom. The molecular weight excluding hydrogens is 438 g/mol. The predicted molar refractivity (Wildman–Crippen MR) is 114 cm³/mol. The van der Waals surface area contributed by atoms with Gasteiger partial charge >= 0.3 is 0 Å². The predicted octanol–water partition coefficient (Wildman–Crippen LogP) is 4.46. The van der Waals surface area contributed by atoms with Gasteiger partial charge in [0.25, 0.3) is 5.91 Å². The molecule has 0 saturated heterocycles. The molecule has 6 nitrogen and oxygen atoms in total. The molecule has 1 aliphatic rings. The summed E-state index contributed by atoms with van der Waals surface area (Å²) in [6.07, 6.45) is 2.32. The molecule has 0 aliphatic carbocycles. The first-order chi connectivity index (χ1) is 14.0. The number of hydrogen-bond acceptors (Lipinski definition) is 5. The summed E-state index contributed by atoms with van der Waals surface area (Å²) in [5.41, 5.74) is 2.22. The fourth-order valence-electron chi connectivity index (χ4n) is 3.25. The Labute approximate surface area is 178 Å². The van der Waals surface area contributed by atoms with Crippen LogP contribution in [0.25, 0.3) is 0 Å². The fourth-order valence-corrected chi connectivity index (χ4v) is 3.92. The zero-order valence-electron chi connectivity index (χ0n) is 16.7. The van der Waals surface area contributed by atoms with Gasteiger partial charge in [0.2, 0.25) is 0 Å². The van der Waals surface area contributed by atoms with Crippen LogP contribution in [-0.4, -0.2) is 33.3 Å². The molecule has 3 rings (SSSR count). The Kier molecular flexibility index (Phi) is 6.69. The zero-order chi connectivity index (χ0) is 21.0. The van der Waals surface area contributed by atoms with Gasteiger partial charge in [0.05, 0.1) is 20.3 Å². The quantitative estimate of drug-likeness (QED) is 0.616. The van der Waals surface area contributed by atoms with Crippen LogP contribution < -0.4 is 24.3 Å². The molecule has 0 bridgehead atoms. The largest absolute Gasteiger partial charge is 0.493 e. The number of allylic oxidation sites excluding steroid dienone is 1. The van der Waals surface area contributed by atoms with Gasteiger partial charge in [-0.05, 0) is 43.2 Å². The molecule has 1 heterocycles. The maximum atomic E-state index is 12.9. The van der Waals surface area contributed by atoms with Gasteiger partial charge in [-0.15, -0.1) is 6.58 Å². The molecular formula is C22H24BrNO5. The lowest BCUT2D eigenvalue weighted by Crippen LogP contribution is -2.27. The maximum absolute atomic E-state index is 12.9. The van der Waals surface area contributed by atoms with E-state index < -0.39 is 0 Å². The molecule has 29 heavy (non-hydrogen) atoms. The zero-order valence-corrected chi connectivity index (χ0v) is 18.3. The van der Waals surface area contributed by atoms with Crippen molar-refractivity contribution in [1.82, 2.24) is 5.32 Å². The summed E-state index contributed by atoms with van der Waals surface area (Å²) in [6.45, 7) is 6.72. The molecule has 1 amide bonds. The Morgan fingerprint density at radius 3 is 2.52 bits per heavy atom. The smallest absolute Gasteiger partial charge is 0.251 e. The summed E-state index contributed by atoms with van der Waals surface area (Å²) in [6, 6.07) is 6.96. The first-order valence-electron chi connectivity index (χ1n) is 9.24. The minimum Gasteiger partial charge on any atom is -0.493 e. The highest BCUT2D eigenvalue weighted by Gasteiger charge is 2.21. The molecule has 2 aromatic rings. The van der Waals surface area contributed by atoms with Crippen molar-refractivity contribution in [2.75, 3.05) is 27.4 Å². The third kappa shape index (κ3) is 4.50. The lowest BCUT2D eigenvalue weighted by Gasteiger charge is -2.22. The molecule has 2 aromatic carbocycles. The van der Waals surface area contributed by atoms with Gasteiger partial charge in [0.1, 0.15) is 13.2 Å². The van der Waals surface area contributed by atoms with Gasteiger partial charge in [0.15, 0.2) is 23.0 Å². The molecule has 1 aliphatic heterocycles. The van der Waals surface area contributed by atoms with Gasteiger partial charge in [-0.1, -0.05) is 22.0 Å². The van der Waals surface area contributed by atoms with E-state index in [9.17, 15) is 4.79 Å². The van der Waals surface area contributed by atoms with Crippen LogP contribution in [0.5, 0.6) is 23.0 Å². The van der Waals surface area contributed by atoms with Crippen molar-refractivity contribution in [3.05, 3.63) is 58.1 Å². The second kappa shape index (κ2) is 9.22. The summed E-state index contributed by atoms with van der Waals surface area (Å²) < 4.78 is 22.9. The standard InChI is InChI=1S/C22H24BrNO5/c1-5-6-14-9-15(10-20(26-3)21(14)27-4)22(25)24-13(2)16-11-18-19(12-17(16)23)29-8-7-28-18/h5,9-13H,1,6-8H2,2-4H3,(H,24,25). The van der Waals surface area contributed by atoms with Gasteiger partial charge in [-0.3, -0.25) is 4.79 Å². The van der Waals surface area contributed by atoms with E-state index in [0.717, 1.165) is 15.6 Å². The van der Waals surface area contributed by atoms with Crippen LogP contribution in [-0.2, 0) is 6.42 Å². The van der Waals surface area contributed by atoms with E-state index in [-0.39, 0.29) is 11.9 Å². The molecule has 0 fully saturated rings. The third-order valence-corrected chi connectivity index (χ3v) is 5.34. The topological polar surface area (TPSA) is 66.0 Å². The van der Waals surface area contributed by atoms with Gasteiger partial charge < -0.3 is 24.3 Å². The van der Waals surface area contributed by atoms with Crippen LogP contribution in [0.2, 0.25) is 0 Å². The van der Waals surface area contributed by atoms with Crippen molar-refractivity contribution < 1.29 is 23.7 Å². The van der Waals surface area contributed by atoms with Crippen molar-refractivity contribution in [1.29, 1.82) is 0 Å². The Balaban J connectivity index is 1.86. The van der Waals surface area contributed by atoms with Crippen LogP contribution in [0.1, 0.15) is 34.5 Å². The first-order valence-corrected chi connectivity index (χ1v) is 10.0. The molecule has 154 valence electrons. The molecule has 1 unspecified atom stereocenters. The average molecular weight is 462 g/mol. The van der Waals surface area contributed by atoms with Gasteiger partial charge in [-0.25, -0.2) is 0 Å². The second-order valence-electron chi connectivity index (χ2n) is 6.58. The lowest BCUT2D eigenvalue weighted by atomic mass is 10.0. The molecule has 1 N–H and O–H groups in total. The number of benzene rings is 2. The van der Waals surface area contributed by atoms with Crippen LogP contribution in [0.3, 0.4) is 0 Å². The molecule has 0 aromatic heterocycles. The summed E-state index contributed by atoms with van der Waals surface area (Å²) in [5.74, 6) is 2.26. The second-order valence-corrected chi connectivity index (χ2v) is 7.43. The molecule has 0 saturated carbocycles. The number of halogens is 1. The molecule has 0 spiro atoms. The van der Waals surface area contributed by atoms with Crippen LogP contribution in [0.4, 0.5) is 0 Å². The van der Waals surface area contributed by atoms with Crippen molar-refractivity contribution >= 4 is 21.8 Å². The van der Waals surface area contributed by atoms with E-state index in [4.69, 9.17) is 18.9 Å². The van der Waals surface area contributed by atoms with Gasteiger partial charge in [-0.2, -0.15) is 0 Å². The number of fused-ring (bicyclic) bond motifs is 1. The summed E-state index contributed by atoms with van der Waals surface area (Å²) in [7, 11) is 3.12. The van der Waals surface area contributed by atoms with E-state index in [1.807, 2.05) is 19.1 Å². The van der Waals surface area contributed by atoms with Gasteiger partial charge in [0, 0.05) is 15.6 Å². The van der Waals surface area contributed by atoms with Crippen molar-refractivity contribution in [2.45, 2.75) is 19.4 Å². The monoisotopic (exact) mass is 461 g/mol. The number of nitrogens with one attached hydrogen (secondary N) is 1. The Hall–Kier alpha value is -2.67. The number of amides is 1. The number of carbonyl (C=O) groups is 1. The van der Waals surface area contributed by atoms with Crippen LogP contribution in [0.15, 0.2) is 41.4 Å². The van der Waals surface area contributed by atoms with Crippen molar-refractivity contribution in [3.63, 3.8) is 0 Å². The highest BCUT2D eigenvalue weighted by molar-refractivity contribution is 9.10. The van der Waals surface area contributed by atoms with E-state index in [1.54, 1.807) is 32.4 Å². The van der Waals surface area contributed by atoms with E-state index in [1.165, 1.54) is 0 Å². The minimum atomic E-state index is -0.261. The maximum Gasteiger partial charge on any atom is 0.251 e. The lowest BCUT2D eigenvalue weighted by molar-refractivity contribution is 0.0939. The van der Waals surface area contributed by atoms with Crippen molar-refractivity contribution in [2.24, 2.45) is 0 Å². The number of rotatable bonds is 7. The number of hydrogen-bond donors (Lipinski definition) is 1. The summed E-state index contributed by atoms with van der Waals surface area (Å²) >= 11 is 3.56. The SMILES string of the molecule is C=CCc1cc(C(=O)NC(C)c2cc3c(cc2Br)OCCO3)cc(OC)c1OC. The normalized spacial score (nSPS) is 13.4. The number of carbonyl (C=O) groups excluding carboxylic acids is 1. The van der Waals surface area contributed by atoms with Crippen LogP contribution >= 0.6 is 15.9 Å². The number of ether oxygens (including phenoxy) is 4. The van der Waals surface area contributed by atoms with Crippen molar-refractivity contribution in [3.8, 4) is 23.0 Å². The molecule has 7 heteroatoms. The Morgan fingerprint density at radius 1 is 1.21 bits per heavy atom. The molecule has 1 atom stereocenters. The van der Waals surface area contributed by atoms with Crippen LogP contribution in [0, 0.1) is 0 Å². The first kappa shape index (κ1) is 21.0. The highest BCUT2D eigenvalue weighted by atomic mass is 79.9. The van der Waals surface area contributed by atoms with E-state index >= 15 is 0 Å². The minimum absolute atomic E-state index is 0.217. The fraction of sp³-hybridized carbons (Fsp3) is 0.318. The third-order valence-electron chi connectivity index (χ3n) is 4.66. The summed E-state index contributed by atoms with van der Waals surface area (Å²) in [5, 5.41) is 3.03. The van der Waals surface area contributed by atoms with E-state index in [0.29, 0.717) is 48.2 Å².